The number of allylic oxidation sites excluding steroid dienone is 4. The van der Waals surface area contributed by atoms with Crippen molar-refractivity contribution < 1.29 is 10.2 Å². The summed E-state index contributed by atoms with van der Waals surface area (Å²) in [6, 6.07) is 0. The van der Waals surface area contributed by atoms with E-state index in [0.29, 0.717) is 12.8 Å². The lowest BCUT2D eigenvalue weighted by Gasteiger charge is -2.13. The molecule has 0 amide bonds. The van der Waals surface area contributed by atoms with E-state index < -0.39 is 12.2 Å². The van der Waals surface area contributed by atoms with E-state index in [-0.39, 0.29) is 0 Å². The van der Waals surface area contributed by atoms with Crippen LogP contribution in [0.4, 0.5) is 0 Å². The molecule has 0 spiro atoms. The van der Waals surface area contributed by atoms with Gasteiger partial charge in [-0.3, -0.25) is 0 Å². The molecule has 2 nitrogen and oxygen atoms in total. The number of hydrogen-bond acceptors (Lipinski definition) is 2. The third-order valence-corrected chi connectivity index (χ3v) is 2.25. The van der Waals surface area contributed by atoms with Crippen molar-refractivity contribution in [2.24, 2.45) is 0 Å². The molecular weight excluding hydrogens is 212 g/mol. The van der Waals surface area contributed by atoms with E-state index in [9.17, 15) is 10.2 Å². The van der Waals surface area contributed by atoms with Crippen molar-refractivity contribution in [1.82, 2.24) is 0 Å². The van der Waals surface area contributed by atoms with Crippen LogP contribution in [-0.4, -0.2) is 22.4 Å². The fourth-order valence-electron chi connectivity index (χ4n) is 1.26. The summed E-state index contributed by atoms with van der Waals surface area (Å²) >= 11 is 0. The van der Waals surface area contributed by atoms with E-state index in [1.807, 2.05) is 12.2 Å². The predicted molar refractivity (Wildman–Crippen MR) is 72.4 cm³/mol. The lowest BCUT2D eigenvalue weighted by atomic mass is 10.1. The van der Waals surface area contributed by atoms with Gasteiger partial charge < -0.3 is 10.2 Å². The van der Waals surface area contributed by atoms with Crippen molar-refractivity contribution in [2.45, 2.75) is 44.8 Å². The minimum Gasteiger partial charge on any atom is -0.390 e. The Bertz CT molecular complexity index is 295. The lowest BCUT2D eigenvalue weighted by molar-refractivity contribution is 0.0238. The second-order valence-electron chi connectivity index (χ2n) is 3.76. The zero-order valence-electron chi connectivity index (χ0n) is 10.4. The van der Waals surface area contributed by atoms with E-state index in [4.69, 9.17) is 6.42 Å². The quantitative estimate of drug-likeness (QED) is 0.500. The van der Waals surface area contributed by atoms with Crippen molar-refractivity contribution in [3.63, 3.8) is 0 Å². The van der Waals surface area contributed by atoms with Gasteiger partial charge in [-0.25, -0.2) is 0 Å². The van der Waals surface area contributed by atoms with E-state index in [1.165, 1.54) is 6.08 Å². The first-order chi connectivity index (χ1) is 8.22. The van der Waals surface area contributed by atoms with E-state index in [1.54, 1.807) is 6.08 Å². The maximum atomic E-state index is 9.61. The van der Waals surface area contributed by atoms with Crippen molar-refractivity contribution in [3.8, 4) is 12.3 Å². The summed E-state index contributed by atoms with van der Waals surface area (Å²) in [5.41, 5.74) is 0. The van der Waals surface area contributed by atoms with Crippen LogP contribution in [0.2, 0.25) is 0 Å². The van der Waals surface area contributed by atoms with Gasteiger partial charge in [-0.05, 0) is 31.8 Å². The summed E-state index contributed by atoms with van der Waals surface area (Å²) in [5.74, 6) is 2.34. The second-order valence-corrected chi connectivity index (χ2v) is 3.76. The van der Waals surface area contributed by atoms with Gasteiger partial charge in [0.1, 0.15) is 0 Å². The number of aliphatic hydroxyl groups excluding tert-OH is 2. The molecule has 2 unspecified atom stereocenters. The van der Waals surface area contributed by atoms with Crippen LogP contribution in [0, 0.1) is 12.3 Å². The fraction of sp³-hybridized carbons (Fsp3) is 0.467. The standard InChI is InChI=1S/C15H22O2/c1-3-5-7-8-9-11-13-15(17)14(16)12-10-6-4-2/h2,5-7,9-11,14-17H,3,8,12-13H2,1H3/b7-5-,10-6-,11-9-. The van der Waals surface area contributed by atoms with Gasteiger partial charge in [-0.2, -0.15) is 0 Å². The molecular formula is C15H22O2. The average molecular weight is 234 g/mol. The Morgan fingerprint density at radius 2 is 1.59 bits per heavy atom. The van der Waals surface area contributed by atoms with E-state index in [0.717, 1.165) is 12.8 Å². The van der Waals surface area contributed by atoms with Gasteiger partial charge in [0, 0.05) is 0 Å². The third kappa shape index (κ3) is 9.62. The molecule has 0 rings (SSSR count). The number of rotatable bonds is 8. The van der Waals surface area contributed by atoms with Crippen molar-refractivity contribution in [2.75, 3.05) is 0 Å². The van der Waals surface area contributed by atoms with Gasteiger partial charge in [0.2, 0.25) is 0 Å². The molecule has 0 aliphatic carbocycles. The molecule has 0 aromatic carbocycles. The molecule has 0 aromatic heterocycles. The molecule has 0 bridgehead atoms. The number of aliphatic hydroxyl groups is 2. The molecule has 94 valence electrons. The summed E-state index contributed by atoms with van der Waals surface area (Å²) < 4.78 is 0. The Labute approximate surface area is 104 Å². The summed E-state index contributed by atoms with van der Waals surface area (Å²) in [5, 5.41) is 19.2. The van der Waals surface area contributed by atoms with Crippen LogP contribution >= 0.6 is 0 Å². The largest absolute Gasteiger partial charge is 0.390 e. The maximum absolute atomic E-state index is 9.61. The first kappa shape index (κ1) is 15.7. The highest BCUT2D eigenvalue weighted by molar-refractivity contribution is 5.09. The summed E-state index contributed by atoms with van der Waals surface area (Å²) in [6.07, 6.45) is 17.6. The van der Waals surface area contributed by atoms with Crippen LogP contribution in [-0.2, 0) is 0 Å². The summed E-state index contributed by atoms with van der Waals surface area (Å²) in [6.45, 7) is 2.09. The highest BCUT2D eigenvalue weighted by Gasteiger charge is 2.12. The van der Waals surface area contributed by atoms with Gasteiger partial charge in [-0.1, -0.05) is 43.2 Å². The van der Waals surface area contributed by atoms with Crippen LogP contribution in [0.15, 0.2) is 36.5 Å². The Balaban J connectivity index is 3.77. The zero-order valence-corrected chi connectivity index (χ0v) is 10.4. The smallest absolute Gasteiger partial charge is 0.0836 e. The second kappa shape index (κ2) is 11.2. The Morgan fingerprint density at radius 1 is 1.00 bits per heavy atom. The Kier molecular flexibility index (Phi) is 10.3. The van der Waals surface area contributed by atoms with Crippen LogP contribution in [0.3, 0.4) is 0 Å². The highest BCUT2D eigenvalue weighted by atomic mass is 16.3. The first-order valence-corrected chi connectivity index (χ1v) is 5.99. The molecule has 0 aliphatic heterocycles. The van der Waals surface area contributed by atoms with E-state index >= 15 is 0 Å². The molecule has 0 heterocycles. The highest BCUT2D eigenvalue weighted by Crippen LogP contribution is 2.05. The van der Waals surface area contributed by atoms with Crippen molar-refractivity contribution in [1.29, 1.82) is 0 Å². The van der Waals surface area contributed by atoms with Gasteiger partial charge in [0.05, 0.1) is 12.2 Å². The van der Waals surface area contributed by atoms with Crippen molar-refractivity contribution >= 4 is 0 Å². The lowest BCUT2D eigenvalue weighted by Crippen LogP contribution is -2.24. The molecule has 2 heteroatoms. The first-order valence-electron chi connectivity index (χ1n) is 5.99. The third-order valence-electron chi connectivity index (χ3n) is 2.25. The van der Waals surface area contributed by atoms with Gasteiger partial charge >= 0.3 is 0 Å². The molecule has 0 saturated heterocycles. The molecule has 0 radical (unpaired) electrons. The summed E-state index contributed by atoms with van der Waals surface area (Å²) in [7, 11) is 0. The molecule has 2 atom stereocenters. The monoisotopic (exact) mass is 234 g/mol. The zero-order chi connectivity index (χ0) is 12.9. The topological polar surface area (TPSA) is 40.5 Å². The van der Waals surface area contributed by atoms with Gasteiger partial charge in [0.15, 0.2) is 0 Å². The van der Waals surface area contributed by atoms with Gasteiger partial charge in [-0.15, -0.1) is 6.42 Å². The minimum atomic E-state index is -0.754. The number of terminal acetylenes is 1. The predicted octanol–water partition coefficient (Wildman–Crippen LogP) is 2.59. The minimum absolute atomic E-state index is 0.384. The average Bonchev–Trinajstić information content (AvgIpc) is 2.33. The van der Waals surface area contributed by atoms with Crippen molar-refractivity contribution in [3.05, 3.63) is 36.5 Å². The molecule has 0 fully saturated rings. The number of hydrogen-bond donors (Lipinski definition) is 2. The maximum Gasteiger partial charge on any atom is 0.0836 e. The molecule has 0 aliphatic rings. The molecule has 0 saturated carbocycles. The van der Waals surface area contributed by atoms with Gasteiger partial charge in [0.25, 0.3) is 0 Å². The summed E-state index contributed by atoms with van der Waals surface area (Å²) in [4.78, 5) is 0. The van der Waals surface area contributed by atoms with Crippen LogP contribution in [0.25, 0.3) is 0 Å². The van der Waals surface area contributed by atoms with Crippen LogP contribution in [0.5, 0.6) is 0 Å². The fourth-order valence-corrected chi connectivity index (χ4v) is 1.26. The van der Waals surface area contributed by atoms with E-state index in [2.05, 4.69) is 25.0 Å². The van der Waals surface area contributed by atoms with Crippen LogP contribution < -0.4 is 0 Å². The normalized spacial score (nSPS) is 15.6. The molecule has 0 aromatic rings. The van der Waals surface area contributed by atoms with Crippen LogP contribution in [0.1, 0.15) is 32.6 Å². The molecule has 2 N–H and O–H groups in total. The SMILES string of the molecule is C#C/C=C\CC(O)C(O)C/C=C\C/C=C\CC. The Morgan fingerprint density at radius 3 is 2.18 bits per heavy atom. The molecule has 17 heavy (non-hydrogen) atoms. The Hall–Kier alpha value is -1.30.